The van der Waals surface area contributed by atoms with Gasteiger partial charge in [0.05, 0.1) is 18.6 Å². The van der Waals surface area contributed by atoms with Crippen molar-refractivity contribution in [3.05, 3.63) is 30.6 Å². The standard InChI is InChI=1S/C13H16N4O2S/c1-16(2)12(18)8-20-13-15-14-9-17(13)10-5-4-6-11(7-10)19-3/h4-7,9H,8H2,1-3H3. The second-order valence-electron chi connectivity index (χ2n) is 4.26. The molecule has 7 heteroatoms. The van der Waals surface area contributed by atoms with Gasteiger partial charge in [0.1, 0.15) is 12.1 Å². The molecule has 2 aromatic rings. The number of ether oxygens (including phenoxy) is 1. The van der Waals surface area contributed by atoms with E-state index in [0.29, 0.717) is 10.9 Å². The molecule has 1 aromatic heterocycles. The minimum Gasteiger partial charge on any atom is -0.497 e. The van der Waals surface area contributed by atoms with Gasteiger partial charge >= 0.3 is 0 Å². The minimum atomic E-state index is 0.0372. The fourth-order valence-corrected chi connectivity index (χ4v) is 2.42. The van der Waals surface area contributed by atoms with Gasteiger partial charge in [0.2, 0.25) is 5.91 Å². The summed E-state index contributed by atoms with van der Waals surface area (Å²) in [6, 6.07) is 7.59. The molecule has 0 N–H and O–H groups in total. The SMILES string of the molecule is COc1cccc(-n2cnnc2SCC(=O)N(C)C)c1. The number of benzene rings is 1. The van der Waals surface area contributed by atoms with Gasteiger partial charge in [0, 0.05) is 20.2 Å². The van der Waals surface area contributed by atoms with Crippen LogP contribution >= 0.6 is 11.8 Å². The molecule has 20 heavy (non-hydrogen) atoms. The van der Waals surface area contributed by atoms with Gasteiger partial charge in [0.25, 0.3) is 0 Å². The normalized spacial score (nSPS) is 10.3. The fourth-order valence-electron chi connectivity index (χ4n) is 1.52. The van der Waals surface area contributed by atoms with Crippen LogP contribution in [0.2, 0.25) is 0 Å². The Hall–Kier alpha value is -2.02. The Balaban J connectivity index is 2.17. The van der Waals surface area contributed by atoms with Crippen LogP contribution in [-0.2, 0) is 4.79 Å². The fraction of sp³-hybridized carbons (Fsp3) is 0.308. The summed E-state index contributed by atoms with van der Waals surface area (Å²) >= 11 is 1.36. The Morgan fingerprint density at radius 3 is 2.95 bits per heavy atom. The number of hydrogen-bond acceptors (Lipinski definition) is 5. The lowest BCUT2D eigenvalue weighted by Crippen LogP contribution is -2.23. The molecule has 2 rings (SSSR count). The highest BCUT2D eigenvalue weighted by Crippen LogP contribution is 2.22. The van der Waals surface area contributed by atoms with E-state index in [0.717, 1.165) is 11.4 Å². The zero-order valence-electron chi connectivity index (χ0n) is 11.6. The van der Waals surface area contributed by atoms with Gasteiger partial charge in [0.15, 0.2) is 5.16 Å². The average molecular weight is 292 g/mol. The van der Waals surface area contributed by atoms with Crippen LogP contribution in [0.1, 0.15) is 0 Å². The summed E-state index contributed by atoms with van der Waals surface area (Å²) in [6.07, 6.45) is 1.62. The molecule has 1 amide bonds. The number of amides is 1. The first-order chi connectivity index (χ1) is 9.61. The second kappa shape index (κ2) is 6.42. The molecular formula is C13H16N4O2S. The Morgan fingerprint density at radius 2 is 2.25 bits per heavy atom. The minimum absolute atomic E-state index is 0.0372. The van der Waals surface area contributed by atoms with E-state index in [1.807, 2.05) is 28.8 Å². The molecule has 0 bridgehead atoms. The topological polar surface area (TPSA) is 60.2 Å². The molecule has 0 aliphatic rings. The highest BCUT2D eigenvalue weighted by atomic mass is 32.2. The molecule has 0 fully saturated rings. The molecule has 0 saturated heterocycles. The second-order valence-corrected chi connectivity index (χ2v) is 5.20. The van der Waals surface area contributed by atoms with Crippen LogP contribution in [0.4, 0.5) is 0 Å². The Morgan fingerprint density at radius 1 is 1.45 bits per heavy atom. The van der Waals surface area contributed by atoms with Crippen LogP contribution in [-0.4, -0.2) is 52.5 Å². The Bertz CT molecular complexity index is 598. The summed E-state index contributed by atoms with van der Waals surface area (Å²) < 4.78 is 7.03. The van der Waals surface area contributed by atoms with E-state index in [1.165, 1.54) is 11.8 Å². The molecule has 1 heterocycles. The Labute approximate surface area is 121 Å². The summed E-state index contributed by atoms with van der Waals surface area (Å²) in [7, 11) is 5.09. The van der Waals surface area contributed by atoms with Gasteiger partial charge in [-0.1, -0.05) is 17.8 Å². The van der Waals surface area contributed by atoms with Crippen LogP contribution in [0.25, 0.3) is 5.69 Å². The summed E-state index contributed by atoms with van der Waals surface area (Å²) in [6.45, 7) is 0. The maximum atomic E-state index is 11.6. The monoisotopic (exact) mass is 292 g/mol. The van der Waals surface area contributed by atoms with E-state index in [4.69, 9.17) is 4.74 Å². The lowest BCUT2D eigenvalue weighted by atomic mass is 10.3. The number of thioether (sulfide) groups is 1. The lowest BCUT2D eigenvalue weighted by Gasteiger charge is -2.10. The molecule has 0 radical (unpaired) electrons. The molecule has 0 aliphatic carbocycles. The van der Waals surface area contributed by atoms with Crippen molar-refractivity contribution < 1.29 is 9.53 Å². The molecule has 0 atom stereocenters. The Kier molecular flexibility index (Phi) is 4.62. The molecule has 0 aliphatic heterocycles. The predicted octanol–water partition coefficient (Wildman–Crippen LogP) is 1.46. The maximum absolute atomic E-state index is 11.6. The van der Waals surface area contributed by atoms with Gasteiger partial charge < -0.3 is 9.64 Å². The number of nitrogens with zero attached hydrogens (tertiary/aromatic N) is 4. The van der Waals surface area contributed by atoms with Crippen molar-refractivity contribution in [1.82, 2.24) is 19.7 Å². The van der Waals surface area contributed by atoms with Crippen molar-refractivity contribution in [2.75, 3.05) is 27.0 Å². The van der Waals surface area contributed by atoms with E-state index in [2.05, 4.69) is 10.2 Å². The van der Waals surface area contributed by atoms with E-state index in [1.54, 1.807) is 32.4 Å². The third-order valence-electron chi connectivity index (χ3n) is 2.67. The number of carbonyl (C=O) groups is 1. The number of methoxy groups -OCH3 is 1. The quantitative estimate of drug-likeness (QED) is 0.781. The molecule has 6 nitrogen and oxygen atoms in total. The molecule has 106 valence electrons. The maximum Gasteiger partial charge on any atom is 0.232 e. The summed E-state index contributed by atoms with van der Waals surface area (Å²) in [4.78, 5) is 13.2. The number of carbonyl (C=O) groups excluding carboxylic acids is 1. The van der Waals surface area contributed by atoms with Crippen LogP contribution < -0.4 is 4.74 Å². The third-order valence-corrected chi connectivity index (χ3v) is 3.60. The van der Waals surface area contributed by atoms with E-state index in [-0.39, 0.29) is 5.91 Å². The average Bonchev–Trinajstić information content (AvgIpc) is 2.93. The summed E-state index contributed by atoms with van der Waals surface area (Å²) in [5, 5.41) is 8.62. The first kappa shape index (κ1) is 14.4. The van der Waals surface area contributed by atoms with Gasteiger partial charge in [-0.2, -0.15) is 0 Å². The van der Waals surface area contributed by atoms with Crippen LogP contribution in [0.5, 0.6) is 5.75 Å². The van der Waals surface area contributed by atoms with Crippen molar-refractivity contribution in [1.29, 1.82) is 0 Å². The molecule has 0 spiro atoms. The summed E-state index contributed by atoms with van der Waals surface area (Å²) in [5.41, 5.74) is 0.897. The van der Waals surface area contributed by atoms with E-state index >= 15 is 0 Å². The van der Waals surface area contributed by atoms with Crippen LogP contribution in [0.15, 0.2) is 35.7 Å². The summed E-state index contributed by atoms with van der Waals surface area (Å²) in [5.74, 6) is 1.13. The molecule has 0 saturated carbocycles. The van der Waals surface area contributed by atoms with Crippen molar-refractivity contribution >= 4 is 17.7 Å². The van der Waals surface area contributed by atoms with Crippen molar-refractivity contribution in [2.45, 2.75) is 5.16 Å². The van der Waals surface area contributed by atoms with E-state index < -0.39 is 0 Å². The van der Waals surface area contributed by atoms with Crippen LogP contribution in [0, 0.1) is 0 Å². The molecule has 0 unspecified atom stereocenters. The smallest absolute Gasteiger partial charge is 0.232 e. The van der Waals surface area contributed by atoms with Crippen molar-refractivity contribution in [2.24, 2.45) is 0 Å². The zero-order chi connectivity index (χ0) is 14.5. The highest BCUT2D eigenvalue weighted by Gasteiger charge is 2.11. The zero-order valence-corrected chi connectivity index (χ0v) is 12.4. The predicted molar refractivity (Wildman–Crippen MR) is 77.3 cm³/mol. The lowest BCUT2D eigenvalue weighted by molar-refractivity contribution is -0.125. The van der Waals surface area contributed by atoms with Crippen molar-refractivity contribution in [3.8, 4) is 11.4 Å². The van der Waals surface area contributed by atoms with Crippen LogP contribution in [0.3, 0.4) is 0 Å². The van der Waals surface area contributed by atoms with Gasteiger partial charge in [-0.25, -0.2) is 0 Å². The van der Waals surface area contributed by atoms with E-state index in [9.17, 15) is 4.79 Å². The first-order valence-corrected chi connectivity index (χ1v) is 6.98. The molecular weight excluding hydrogens is 276 g/mol. The van der Waals surface area contributed by atoms with Gasteiger partial charge in [-0.15, -0.1) is 10.2 Å². The highest BCUT2D eigenvalue weighted by molar-refractivity contribution is 7.99. The number of rotatable bonds is 5. The third kappa shape index (κ3) is 3.30. The molecule has 1 aromatic carbocycles. The number of hydrogen-bond donors (Lipinski definition) is 0. The van der Waals surface area contributed by atoms with Gasteiger partial charge in [-0.3, -0.25) is 9.36 Å². The number of aromatic nitrogens is 3. The van der Waals surface area contributed by atoms with Gasteiger partial charge in [-0.05, 0) is 12.1 Å². The van der Waals surface area contributed by atoms with Crippen molar-refractivity contribution in [3.63, 3.8) is 0 Å². The first-order valence-electron chi connectivity index (χ1n) is 5.99. The largest absolute Gasteiger partial charge is 0.497 e.